The van der Waals surface area contributed by atoms with Crippen LogP contribution >= 0.6 is 0 Å². The molecule has 0 aliphatic rings. The molecular formula is C19H24N2O. The van der Waals surface area contributed by atoms with Gasteiger partial charge in [-0.3, -0.25) is 4.79 Å². The molecule has 22 heavy (non-hydrogen) atoms. The van der Waals surface area contributed by atoms with Crippen LogP contribution in [0.1, 0.15) is 25.3 Å². The minimum atomic E-state index is 0.0123. The van der Waals surface area contributed by atoms with E-state index in [2.05, 4.69) is 24.2 Å². The summed E-state index contributed by atoms with van der Waals surface area (Å²) in [7, 11) is 2.10. The second-order valence-corrected chi connectivity index (χ2v) is 5.53. The minimum absolute atomic E-state index is 0.0123. The number of carbonyl (C=O) groups is 1. The number of nitrogens with one attached hydrogen (secondary N) is 1. The Morgan fingerprint density at radius 1 is 1.05 bits per heavy atom. The third-order valence-corrected chi connectivity index (χ3v) is 3.65. The number of anilines is 2. The number of benzene rings is 2. The van der Waals surface area contributed by atoms with Crippen molar-refractivity contribution in [3.63, 3.8) is 0 Å². The lowest BCUT2D eigenvalue weighted by molar-refractivity contribution is -0.115. The van der Waals surface area contributed by atoms with Crippen LogP contribution in [0.5, 0.6) is 0 Å². The summed E-state index contributed by atoms with van der Waals surface area (Å²) >= 11 is 0. The SMILES string of the molecule is CCCCN(C)c1ccc(NC(=O)Cc2ccccc2)cc1. The molecule has 2 rings (SSSR count). The first-order valence-corrected chi connectivity index (χ1v) is 7.84. The van der Waals surface area contributed by atoms with E-state index in [0.717, 1.165) is 17.8 Å². The van der Waals surface area contributed by atoms with Gasteiger partial charge in [0.15, 0.2) is 0 Å². The topological polar surface area (TPSA) is 32.3 Å². The smallest absolute Gasteiger partial charge is 0.228 e. The van der Waals surface area contributed by atoms with Gasteiger partial charge < -0.3 is 10.2 Å². The number of unbranched alkanes of at least 4 members (excludes halogenated alkanes) is 1. The van der Waals surface area contributed by atoms with Crippen molar-refractivity contribution in [3.05, 3.63) is 60.2 Å². The largest absolute Gasteiger partial charge is 0.375 e. The Kier molecular flexibility index (Phi) is 6.01. The molecule has 116 valence electrons. The predicted octanol–water partition coefficient (Wildman–Crippen LogP) is 4.10. The first-order chi connectivity index (χ1) is 10.7. The van der Waals surface area contributed by atoms with Crippen LogP contribution in [0.2, 0.25) is 0 Å². The van der Waals surface area contributed by atoms with Crippen LogP contribution in [0.25, 0.3) is 0 Å². The van der Waals surface area contributed by atoms with E-state index in [-0.39, 0.29) is 5.91 Å². The molecule has 0 atom stereocenters. The Hall–Kier alpha value is -2.29. The molecule has 0 aromatic heterocycles. The summed E-state index contributed by atoms with van der Waals surface area (Å²) in [5, 5.41) is 2.94. The van der Waals surface area contributed by atoms with Gasteiger partial charge in [-0.2, -0.15) is 0 Å². The summed E-state index contributed by atoms with van der Waals surface area (Å²) < 4.78 is 0. The zero-order chi connectivity index (χ0) is 15.8. The van der Waals surface area contributed by atoms with Crippen molar-refractivity contribution in [1.29, 1.82) is 0 Å². The Balaban J connectivity index is 1.89. The second-order valence-electron chi connectivity index (χ2n) is 5.53. The molecule has 1 amide bonds. The minimum Gasteiger partial charge on any atom is -0.375 e. The van der Waals surface area contributed by atoms with Gasteiger partial charge in [-0.05, 0) is 36.2 Å². The summed E-state index contributed by atoms with van der Waals surface area (Å²) in [5.74, 6) is 0.0123. The van der Waals surface area contributed by atoms with E-state index in [1.54, 1.807) is 0 Å². The summed E-state index contributed by atoms with van der Waals surface area (Å²) in [6, 6.07) is 17.8. The standard InChI is InChI=1S/C19H24N2O/c1-3-4-14-21(2)18-12-10-17(11-13-18)20-19(22)15-16-8-6-5-7-9-16/h5-13H,3-4,14-15H2,1-2H3,(H,20,22). The number of amides is 1. The molecule has 0 radical (unpaired) electrons. The highest BCUT2D eigenvalue weighted by Crippen LogP contribution is 2.17. The first kappa shape index (κ1) is 16.1. The number of hydrogen-bond donors (Lipinski definition) is 1. The molecule has 0 saturated carbocycles. The summed E-state index contributed by atoms with van der Waals surface area (Å²) in [4.78, 5) is 14.3. The highest BCUT2D eigenvalue weighted by Gasteiger charge is 2.05. The Morgan fingerprint density at radius 3 is 2.36 bits per heavy atom. The van der Waals surface area contributed by atoms with E-state index in [0.29, 0.717) is 6.42 Å². The Bertz CT molecular complexity index is 578. The quantitative estimate of drug-likeness (QED) is 0.834. The number of carbonyl (C=O) groups excluding carboxylic acids is 1. The fourth-order valence-electron chi connectivity index (χ4n) is 2.31. The fourth-order valence-corrected chi connectivity index (χ4v) is 2.31. The van der Waals surface area contributed by atoms with Gasteiger partial charge in [0.05, 0.1) is 6.42 Å². The molecule has 2 aromatic carbocycles. The molecule has 1 N–H and O–H groups in total. The molecular weight excluding hydrogens is 272 g/mol. The first-order valence-electron chi connectivity index (χ1n) is 7.84. The van der Waals surface area contributed by atoms with E-state index < -0.39 is 0 Å². The number of hydrogen-bond acceptors (Lipinski definition) is 2. The molecule has 2 aromatic rings. The highest BCUT2D eigenvalue weighted by atomic mass is 16.1. The van der Waals surface area contributed by atoms with Gasteiger partial charge in [-0.25, -0.2) is 0 Å². The molecule has 0 aliphatic heterocycles. The number of nitrogens with zero attached hydrogens (tertiary/aromatic N) is 1. The average Bonchev–Trinajstić information content (AvgIpc) is 2.54. The lowest BCUT2D eigenvalue weighted by Crippen LogP contribution is -2.18. The van der Waals surface area contributed by atoms with E-state index in [9.17, 15) is 4.79 Å². The van der Waals surface area contributed by atoms with Crippen LogP contribution in [0.15, 0.2) is 54.6 Å². The van der Waals surface area contributed by atoms with Gasteiger partial charge in [0.2, 0.25) is 5.91 Å². The lowest BCUT2D eigenvalue weighted by Gasteiger charge is -2.19. The van der Waals surface area contributed by atoms with Crippen LogP contribution in [-0.2, 0) is 11.2 Å². The van der Waals surface area contributed by atoms with E-state index in [4.69, 9.17) is 0 Å². The molecule has 0 fully saturated rings. The second kappa shape index (κ2) is 8.23. The van der Waals surface area contributed by atoms with E-state index >= 15 is 0 Å². The van der Waals surface area contributed by atoms with Crippen molar-refractivity contribution in [2.75, 3.05) is 23.8 Å². The zero-order valence-corrected chi connectivity index (χ0v) is 13.4. The van der Waals surface area contributed by atoms with Crippen molar-refractivity contribution < 1.29 is 4.79 Å². The maximum Gasteiger partial charge on any atom is 0.228 e. The molecule has 0 saturated heterocycles. The lowest BCUT2D eigenvalue weighted by atomic mass is 10.1. The molecule has 0 bridgehead atoms. The van der Waals surface area contributed by atoms with Crippen molar-refractivity contribution in [2.24, 2.45) is 0 Å². The highest BCUT2D eigenvalue weighted by molar-refractivity contribution is 5.92. The van der Waals surface area contributed by atoms with Crippen molar-refractivity contribution >= 4 is 17.3 Å². The summed E-state index contributed by atoms with van der Waals surface area (Å²) in [5.41, 5.74) is 3.04. The van der Waals surface area contributed by atoms with Crippen molar-refractivity contribution in [1.82, 2.24) is 0 Å². The Morgan fingerprint density at radius 2 is 1.73 bits per heavy atom. The monoisotopic (exact) mass is 296 g/mol. The third-order valence-electron chi connectivity index (χ3n) is 3.65. The number of rotatable bonds is 7. The molecule has 3 heteroatoms. The molecule has 0 aliphatic carbocycles. The maximum absolute atomic E-state index is 12.0. The third kappa shape index (κ3) is 4.92. The maximum atomic E-state index is 12.0. The van der Waals surface area contributed by atoms with Crippen LogP contribution in [0, 0.1) is 0 Å². The molecule has 3 nitrogen and oxygen atoms in total. The van der Waals surface area contributed by atoms with Gasteiger partial charge in [0.25, 0.3) is 0 Å². The van der Waals surface area contributed by atoms with Crippen LogP contribution in [0.4, 0.5) is 11.4 Å². The normalized spacial score (nSPS) is 10.3. The molecule has 0 unspecified atom stereocenters. The van der Waals surface area contributed by atoms with Gasteiger partial charge >= 0.3 is 0 Å². The van der Waals surface area contributed by atoms with Crippen molar-refractivity contribution in [3.8, 4) is 0 Å². The van der Waals surface area contributed by atoms with E-state index in [1.165, 1.54) is 18.5 Å². The van der Waals surface area contributed by atoms with Gasteiger partial charge in [-0.15, -0.1) is 0 Å². The van der Waals surface area contributed by atoms with Crippen LogP contribution in [0.3, 0.4) is 0 Å². The summed E-state index contributed by atoms with van der Waals surface area (Å²) in [6.07, 6.45) is 2.78. The van der Waals surface area contributed by atoms with E-state index in [1.807, 2.05) is 54.6 Å². The Labute approximate surface area is 133 Å². The predicted molar refractivity (Wildman–Crippen MR) is 93.4 cm³/mol. The van der Waals surface area contributed by atoms with Gasteiger partial charge in [-0.1, -0.05) is 43.7 Å². The molecule has 0 spiro atoms. The van der Waals surface area contributed by atoms with Gasteiger partial charge in [0.1, 0.15) is 0 Å². The van der Waals surface area contributed by atoms with Gasteiger partial charge in [0, 0.05) is 25.0 Å². The molecule has 0 heterocycles. The van der Waals surface area contributed by atoms with Crippen LogP contribution in [-0.4, -0.2) is 19.5 Å². The summed E-state index contributed by atoms with van der Waals surface area (Å²) in [6.45, 7) is 3.25. The fraction of sp³-hybridized carbons (Fsp3) is 0.316. The van der Waals surface area contributed by atoms with Crippen molar-refractivity contribution in [2.45, 2.75) is 26.2 Å². The zero-order valence-electron chi connectivity index (χ0n) is 13.4. The van der Waals surface area contributed by atoms with Crippen LogP contribution < -0.4 is 10.2 Å². The average molecular weight is 296 g/mol.